The van der Waals surface area contributed by atoms with Crippen molar-refractivity contribution in [2.45, 2.75) is 20.4 Å². The molecule has 0 bridgehead atoms. The molecule has 5 heteroatoms. The summed E-state index contributed by atoms with van der Waals surface area (Å²) in [5.74, 6) is -0.0394. The van der Waals surface area contributed by atoms with Crippen molar-refractivity contribution in [3.8, 4) is 10.6 Å². The van der Waals surface area contributed by atoms with Crippen molar-refractivity contribution in [3.63, 3.8) is 0 Å². The zero-order chi connectivity index (χ0) is 16.2. The molecule has 0 radical (unpaired) electrons. The smallest absolute Gasteiger partial charge is 0.251 e. The lowest BCUT2D eigenvalue weighted by Crippen LogP contribution is -2.27. The Kier molecular flexibility index (Phi) is 4.57. The normalized spacial score (nSPS) is 10.7. The lowest BCUT2D eigenvalue weighted by atomic mass is 10.1. The number of hydrogen-bond donors (Lipinski definition) is 1. The van der Waals surface area contributed by atoms with E-state index in [0.717, 1.165) is 21.7 Å². The number of nitrogens with zero attached hydrogens (tertiary/aromatic N) is 2. The van der Waals surface area contributed by atoms with Gasteiger partial charge in [0.2, 0.25) is 0 Å². The summed E-state index contributed by atoms with van der Waals surface area (Å²) in [6, 6.07) is 11.9. The molecule has 2 heterocycles. The van der Waals surface area contributed by atoms with E-state index in [1.165, 1.54) is 0 Å². The zero-order valence-electron chi connectivity index (χ0n) is 13.2. The molecular weight excluding hydrogens is 306 g/mol. The van der Waals surface area contributed by atoms with Gasteiger partial charge in [0.05, 0.1) is 11.4 Å². The highest BCUT2D eigenvalue weighted by molar-refractivity contribution is 7.13. The first-order chi connectivity index (χ1) is 11.1. The first-order valence-corrected chi connectivity index (χ1v) is 8.43. The molecule has 0 aliphatic rings. The monoisotopic (exact) mass is 325 g/mol. The van der Waals surface area contributed by atoms with E-state index >= 15 is 0 Å². The Morgan fingerprint density at radius 3 is 2.70 bits per heavy atom. The summed E-state index contributed by atoms with van der Waals surface area (Å²) in [6.07, 6.45) is 1.94. The minimum Gasteiger partial charge on any atom is -0.350 e. The Balaban J connectivity index is 1.56. The van der Waals surface area contributed by atoms with Gasteiger partial charge >= 0.3 is 0 Å². The highest BCUT2D eigenvalue weighted by Crippen LogP contribution is 2.22. The maximum Gasteiger partial charge on any atom is 0.251 e. The second-order valence-corrected chi connectivity index (χ2v) is 6.52. The van der Waals surface area contributed by atoms with Gasteiger partial charge in [-0.1, -0.05) is 23.3 Å². The van der Waals surface area contributed by atoms with Crippen LogP contribution in [-0.4, -0.2) is 22.2 Å². The third-order valence-electron chi connectivity index (χ3n) is 3.52. The summed E-state index contributed by atoms with van der Waals surface area (Å²) in [4.78, 5) is 13.3. The second-order valence-electron chi connectivity index (χ2n) is 5.57. The van der Waals surface area contributed by atoms with E-state index < -0.39 is 0 Å². The van der Waals surface area contributed by atoms with Crippen LogP contribution in [0.4, 0.5) is 0 Å². The van der Waals surface area contributed by atoms with Gasteiger partial charge in [0.15, 0.2) is 0 Å². The van der Waals surface area contributed by atoms with Crippen LogP contribution < -0.4 is 5.32 Å². The number of nitrogens with one attached hydrogen (secondary N) is 1. The van der Waals surface area contributed by atoms with Gasteiger partial charge in [0.1, 0.15) is 5.69 Å². The lowest BCUT2D eigenvalue weighted by molar-refractivity contribution is 0.0952. The minimum absolute atomic E-state index is 0.0394. The molecule has 0 aliphatic carbocycles. The van der Waals surface area contributed by atoms with Crippen LogP contribution in [0.15, 0.2) is 48.0 Å². The average molecular weight is 325 g/mol. The lowest BCUT2D eigenvalue weighted by Gasteiger charge is -2.07. The van der Waals surface area contributed by atoms with Crippen molar-refractivity contribution < 1.29 is 4.79 Å². The zero-order valence-corrected chi connectivity index (χ0v) is 14.1. The van der Waals surface area contributed by atoms with Crippen molar-refractivity contribution >= 4 is 17.2 Å². The van der Waals surface area contributed by atoms with E-state index in [2.05, 4.69) is 22.5 Å². The Bertz CT molecular complexity index is 785. The number of amides is 1. The summed E-state index contributed by atoms with van der Waals surface area (Å²) >= 11 is 1.67. The molecule has 1 N–H and O–H groups in total. The molecule has 1 amide bonds. The number of carbonyl (C=O) groups is 1. The molecule has 0 unspecified atom stereocenters. The molecule has 118 valence electrons. The molecular formula is C18H19N3OS. The summed E-state index contributed by atoms with van der Waals surface area (Å²) in [5, 5.41) is 9.52. The summed E-state index contributed by atoms with van der Waals surface area (Å²) in [5.41, 5.74) is 3.88. The van der Waals surface area contributed by atoms with E-state index in [1.54, 1.807) is 11.3 Å². The number of thiophene rings is 1. The van der Waals surface area contributed by atoms with Crippen LogP contribution in [0.2, 0.25) is 0 Å². The predicted molar refractivity (Wildman–Crippen MR) is 93.8 cm³/mol. The third kappa shape index (κ3) is 3.87. The van der Waals surface area contributed by atoms with Gasteiger partial charge in [-0.25, -0.2) is 0 Å². The SMILES string of the molecule is Cc1cc(C)cc(C(=O)NCCn2ccc(-c3cccs3)n2)c1. The van der Waals surface area contributed by atoms with Crippen molar-refractivity contribution in [2.75, 3.05) is 6.54 Å². The number of hydrogen-bond acceptors (Lipinski definition) is 3. The fourth-order valence-corrected chi connectivity index (χ4v) is 3.22. The highest BCUT2D eigenvalue weighted by Gasteiger charge is 2.07. The van der Waals surface area contributed by atoms with Crippen LogP contribution in [0, 0.1) is 13.8 Å². The molecule has 0 aliphatic heterocycles. The number of rotatable bonds is 5. The summed E-state index contributed by atoms with van der Waals surface area (Å²) in [7, 11) is 0. The first kappa shape index (κ1) is 15.5. The van der Waals surface area contributed by atoms with E-state index in [-0.39, 0.29) is 5.91 Å². The number of carbonyl (C=O) groups excluding carboxylic acids is 1. The molecule has 0 saturated heterocycles. The van der Waals surface area contributed by atoms with Crippen LogP contribution in [0.5, 0.6) is 0 Å². The summed E-state index contributed by atoms with van der Waals surface area (Å²) in [6.45, 7) is 5.21. The van der Waals surface area contributed by atoms with E-state index in [1.807, 2.05) is 54.4 Å². The number of aromatic nitrogens is 2. The highest BCUT2D eigenvalue weighted by atomic mass is 32.1. The molecule has 0 fully saturated rings. The van der Waals surface area contributed by atoms with Crippen molar-refractivity contribution in [1.82, 2.24) is 15.1 Å². The topological polar surface area (TPSA) is 46.9 Å². The molecule has 2 aromatic heterocycles. The van der Waals surface area contributed by atoms with Gasteiger partial charge in [-0.2, -0.15) is 5.10 Å². The largest absolute Gasteiger partial charge is 0.350 e. The Morgan fingerprint density at radius 1 is 1.22 bits per heavy atom. The fraction of sp³-hybridized carbons (Fsp3) is 0.222. The van der Waals surface area contributed by atoms with Gasteiger partial charge in [0.25, 0.3) is 5.91 Å². The molecule has 0 spiro atoms. The molecule has 0 atom stereocenters. The van der Waals surface area contributed by atoms with Gasteiger partial charge in [0, 0.05) is 18.3 Å². The molecule has 0 saturated carbocycles. The molecule has 3 aromatic rings. The predicted octanol–water partition coefficient (Wildman–Crippen LogP) is 3.66. The van der Waals surface area contributed by atoms with Crippen LogP contribution in [-0.2, 0) is 6.54 Å². The van der Waals surface area contributed by atoms with Gasteiger partial charge in [-0.05, 0) is 43.5 Å². The number of aryl methyl sites for hydroxylation is 2. The maximum absolute atomic E-state index is 12.2. The third-order valence-corrected chi connectivity index (χ3v) is 4.42. The van der Waals surface area contributed by atoms with Crippen molar-refractivity contribution in [1.29, 1.82) is 0 Å². The fourth-order valence-electron chi connectivity index (χ4n) is 2.53. The Morgan fingerprint density at radius 2 is 2.00 bits per heavy atom. The first-order valence-electron chi connectivity index (χ1n) is 7.55. The van der Waals surface area contributed by atoms with Crippen LogP contribution in [0.3, 0.4) is 0 Å². The average Bonchev–Trinajstić information content (AvgIpc) is 3.17. The molecule has 1 aromatic carbocycles. The summed E-state index contributed by atoms with van der Waals surface area (Å²) < 4.78 is 1.86. The molecule has 3 rings (SSSR count). The van der Waals surface area contributed by atoms with Crippen molar-refractivity contribution in [3.05, 3.63) is 64.7 Å². The van der Waals surface area contributed by atoms with E-state index in [4.69, 9.17) is 0 Å². The van der Waals surface area contributed by atoms with E-state index in [9.17, 15) is 4.79 Å². The van der Waals surface area contributed by atoms with Gasteiger partial charge in [-0.15, -0.1) is 11.3 Å². The minimum atomic E-state index is -0.0394. The van der Waals surface area contributed by atoms with Crippen molar-refractivity contribution in [2.24, 2.45) is 0 Å². The molecule has 4 nitrogen and oxygen atoms in total. The second kappa shape index (κ2) is 6.79. The van der Waals surface area contributed by atoms with E-state index in [0.29, 0.717) is 18.7 Å². The van der Waals surface area contributed by atoms with Crippen LogP contribution >= 0.6 is 11.3 Å². The Labute approximate surface area is 139 Å². The van der Waals surface area contributed by atoms with Crippen LogP contribution in [0.25, 0.3) is 10.6 Å². The number of benzene rings is 1. The van der Waals surface area contributed by atoms with Crippen LogP contribution in [0.1, 0.15) is 21.5 Å². The molecule has 23 heavy (non-hydrogen) atoms. The van der Waals surface area contributed by atoms with Gasteiger partial charge in [-0.3, -0.25) is 9.48 Å². The Hall–Kier alpha value is -2.40. The van der Waals surface area contributed by atoms with Gasteiger partial charge < -0.3 is 5.32 Å². The quantitative estimate of drug-likeness (QED) is 0.778. The standard InChI is InChI=1S/C18H19N3OS/c1-13-10-14(2)12-15(11-13)18(22)19-6-8-21-7-5-16(20-21)17-4-3-9-23-17/h3-5,7,9-12H,6,8H2,1-2H3,(H,19,22). The maximum atomic E-state index is 12.2.